The van der Waals surface area contributed by atoms with E-state index in [1.807, 2.05) is 18.2 Å². The van der Waals surface area contributed by atoms with E-state index in [0.717, 1.165) is 35.4 Å². The fraction of sp³-hybridized carbons (Fsp3) is 0.455. The Morgan fingerprint density at radius 3 is 3.00 bits per heavy atom. The molecule has 82 valence electrons. The summed E-state index contributed by atoms with van der Waals surface area (Å²) in [6.07, 6.45) is 1.04. The quantitative estimate of drug-likeness (QED) is 0.807. The smallest absolute Gasteiger partial charge is 0.0611 e. The molecule has 0 bridgehead atoms. The fourth-order valence-electron chi connectivity index (χ4n) is 1.99. The predicted molar refractivity (Wildman–Crippen MR) is 66.0 cm³/mol. The molecule has 4 heteroatoms. The molecule has 1 aliphatic rings. The molecular formula is C11H15BrN2O. The van der Waals surface area contributed by atoms with Gasteiger partial charge in [0, 0.05) is 30.1 Å². The first kappa shape index (κ1) is 10.8. The van der Waals surface area contributed by atoms with Crippen molar-refractivity contribution in [1.29, 1.82) is 0 Å². The average Bonchev–Trinajstić information content (AvgIpc) is 2.70. The molecule has 15 heavy (non-hydrogen) atoms. The number of anilines is 2. The second-order valence-corrected chi connectivity index (χ2v) is 4.90. The number of aliphatic hydroxyl groups is 1. The molecule has 3 nitrogen and oxygen atoms in total. The Labute approximate surface area is 98.0 Å². The average molecular weight is 271 g/mol. The number of nitrogens with two attached hydrogens (primary N) is 1. The number of hydrogen-bond acceptors (Lipinski definition) is 3. The van der Waals surface area contributed by atoms with E-state index >= 15 is 0 Å². The van der Waals surface area contributed by atoms with Gasteiger partial charge in [-0.2, -0.15) is 0 Å². The van der Waals surface area contributed by atoms with Crippen LogP contribution in [0.4, 0.5) is 11.4 Å². The SMILES string of the molecule is Nc1ccc(Br)cc1N1CCC(CO)C1. The molecule has 0 saturated carbocycles. The minimum absolute atomic E-state index is 0.268. The van der Waals surface area contributed by atoms with Gasteiger partial charge in [-0.1, -0.05) is 15.9 Å². The zero-order valence-corrected chi connectivity index (χ0v) is 10.1. The van der Waals surface area contributed by atoms with Crippen LogP contribution in [0.3, 0.4) is 0 Å². The van der Waals surface area contributed by atoms with Crippen molar-refractivity contribution in [1.82, 2.24) is 0 Å². The van der Waals surface area contributed by atoms with Gasteiger partial charge < -0.3 is 15.7 Å². The van der Waals surface area contributed by atoms with E-state index in [-0.39, 0.29) is 6.61 Å². The second-order valence-electron chi connectivity index (χ2n) is 3.99. The minimum Gasteiger partial charge on any atom is -0.397 e. The van der Waals surface area contributed by atoms with E-state index in [2.05, 4.69) is 20.8 Å². The molecule has 1 aromatic rings. The summed E-state index contributed by atoms with van der Waals surface area (Å²) in [6.45, 7) is 2.15. The second kappa shape index (κ2) is 4.41. The maximum atomic E-state index is 9.09. The molecule has 1 unspecified atom stereocenters. The van der Waals surface area contributed by atoms with Crippen molar-refractivity contribution >= 4 is 27.3 Å². The molecular weight excluding hydrogens is 256 g/mol. The number of rotatable bonds is 2. The highest BCUT2D eigenvalue weighted by Gasteiger charge is 2.23. The van der Waals surface area contributed by atoms with Gasteiger partial charge in [0.1, 0.15) is 0 Å². The molecule has 0 spiro atoms. The summed E-state index contributed by atoms with van der Waals surface area (Å²) in [4.78, 5) is 2.24. The van der Waals surface area contributed by atoms with E-state index in [9.17, 15) is 0 Å². The standard InChI is InChI=1S/C11H15BrN2O/c12-9-1-2-10(13)11(5-9)14-4-3-8(6-14)7-15/h1-2,5,8,15H,3-4,6-7,13H2. The van der Waals surface area contributed by atoms with Crippen molar-refractivity contribution in [2.24, 2.45) is 5.92 Å². The zero-order valence-electron chi connectivity index (χ0n) is 8.49. The summed E-state index contributed by atoms with van der Waals surface area (Å²) in [5.74, 6) is 0.392. The van der Waals surface area contributed by atoms with Gasteiger partial charge in [0.05, 0.1) is 11.4 Å². The van der Waals surface area contributed by atoms with Gasteiger partial charge in [-0.15, -0.1) is 0 Å². The molecule has 1 saturated heterocycles. The molecule has 1 atom stereocenters. The van der Waals surface area contributed by atoms with Crippen LogP contribution in [0.5, 0.6) is 0 Å². The molecule has 0 aromatic heterocycles. The first-order valence-electron chi connectivity index (χ1n) is 5.11. The number of hydrogen-bond donors (Lipinski definition) is 2. The number of nitrogen functional groups attached to an aromatic ring is 1. The summed E-state index contributed by atoms with van der Waals surface area (Å²) in [5.41, 5.74) is 7.80. The number of nitrogens with zero attached hydrogens (tertiary/aromatic N) is 1. The molecule has 2 rings (SSSR count). The lowest BCUT2D eigenvalue weighted by Gasteiger charge is -2.20. The minimum atomic E-state index is 0.268. The van der Waals surface area contributed by atoms with Gasteiger partial charge in [-0.05, 0) is 24.6 Å². The summed E-state index contributed by atoms with van der Waals surface area (Å²) < 4.78 is 1.04. The molecule has 1 aromatic carbocycles. The van der Waals surface area contributed by atoms with Gasteiger partial charge >= 0.3 is 0 Å². The Morgan fingerprint density at radius 1 is 1.53 bits per heavy atom. The lowest BCUT2D eigenvalue weighted by Crippen LogP contribution is -2.21. The number of halogens is 1. The largest absolute Gasteiger partial charge is 0.397 e. The lowest BCUT2D eigenvalue weighted by atomic mass is 10.1. The normalized spacial score (nSPS) is 20.9. The van der Waals surface area contributed by atoms with Crippen molar-refractivity contribution in [2.75, 3.05) is 30.3 Å². The number of benzene rings is 1. The molecule has 0 aliphatic carbocycles. The maximum Gasteiger partial charge on any atom is 0.0611 e. The Morgan fingerprint density at radius 2 is 2.33 bits per heavy atom. The van der Waals surface area contributed by atoms with E-state index in [1.165, 1.54) is 0 Å². The zero-order chi connectivity index (χ0) is 10.8. The Bertz CT molecular complexity index is 356. The highest BCUT2D eigenvalue weighted by Crippen LogP contribution is 2.31. The van der Waals surface area contributed by atoms with Gasteiger partial charge in [0.15, 0.2) is 0 Å². The van der Waals surface area contributed by atoms with Crippen molar-refractivity contribution < 1.29 is 5.11 Å². The van der Waals surface area contributed by atoms with Crippen LogP contribution in [0.2, 0.25) is 0 Å². The van der Waals surface area contributed by atoms with E-state index in [4.69, 9.17) is 10.8 Å². The fourth-order valence-corrected chi connectivity index (χ4v) is 2.34. The lowest BCUT2D eigenvalue weighted by molar-refractivity contribution is 0.238. The van der Waals surface area contributed by atoms with Crippen LogP contribution >= 0.6 is 15.9 Å². The van der Waals surface area contributed by atoms with Crippen molar-refractivity contribution in [3.8, 4) is 0 Å². The van der Waals surface area contributed by atoms with Crippen LogP contribution in [-0.4, -0.2) is 24.8 Å². The Hall–Kier alpha value is -0.740. The third kappa shape index (κ3) is 2.26. The molecule has 1 aliphatic heterocycles. The third-order valence-corrected chi connectivity index (χ3v) is 3.37. The van der Waals surface area contributed by atoms with E-state index in [0.29, 0.717) is 5.92 Å². The van der Waals surface area contributed by atoms with Crippen molar-refractivity contribution in [3.63, 3.8) is 0 Å². The van der Waals surface area contributed by atoms with E-state index < -0.39 is 0 Å². The van der Waals surface area contributed by atoms with Gasteiger partial charge in [-0.3, -0.25) is 0 Å². The third-order valence-electron chi connectivity index (χ3n) is 2.88. The summed E-state index contributed by atoms with van der Waals surface area (Å²) >= 11 is 3.44. The van der Waals surface area contributed by atoms with Crippen LogP contribution < -0.4 is 10.6 Å². The van der Waals surface area contributed by atoms with Gasteiger partial charge in [0.25, 0.3) is 0 Å². The topological polar surface area (TPSA) is 49.5 Å². The Kier molecular flexibility index (Phi) is 3.17. The van der Waals surface area contributed by atoms with Crippen molar-refractivity contribution in [3.05, 3.63) is 22.7 Å². The van der Waals surface area contributed by atoms with Crippen molar-refractivity contribution in [2.45, 2.75) is 6.42 Å². The van der Waals surface area contributed by atoms with Crippen LogP contribution in [0.25, 0.3) is 0 Å². The highest BCUT2D eigenvalue weighted by atomic mass is 79.9. The molecule has 3 N–H and O–H groups in total. The first-order valence-corrected chi connectivity index (χ1v) is 5.91. The molecule has 0 radical (unpaired) electrons. The van der Waals surface area contributed by atoms with Gasteiger partial charge in [0.2, 0.25) is 0 Å². The predicted octanol–water partition coefficient (Wildman–Crippen LogP) is 1.85. The van der Waals surface area contributed by atoms with Crippen LogP contribution in [0.1, 0.15) is 6.42 Å². The van der Waals surface area contributed by atoms with Gasteiger partial charge in [-0.25, -0.2) is 0 Å². The van der Waals surface area contributed by atoms with Crippen LogP contribution in [0.15, 0.2) is 22.7 Å². The van der Waals surface area contributed by atoms with Crippen LogP contribution in [0, 0.1) is 5.92 Å². The summed E-state index contributed by atoms with van der Waals surface area (Å²) in [7, 11) is 0. The summed E-state index contributed by atoms with van der Waals surface area (Å²) in [6, 6.07) is 5.89. The molecule has 1 fully saturated rings. The molecule has 1 heterocycles. The maximum absolute atomic E-state index is 9.09. The summed E-state index contributed by atoms with van der Waals surface area (Å²) in [5, 5.41) is 9.09. The van der Waals surface area contributed by atoms with E-state index in [1.54, 1.807) is 0 Å². The molecule has 0 amide bonds. The highest BCUT2D eigenvalue weighted by molar-refractivity contribution is 9.10. The first-order chi connectivity index (χ1) is 7.20. The Balaban J connectivity index is 2.19. The monoisotopic (exact) mass is 270 g/mol. The number of aliphatic hydroxyl groups excluding tert-OH is 1. The van der Waals surface area contributed by atoms with Crippen LogP contribution in [-0.2, 0) is 0 Å².